The van der Waals surface area contributed by atoms with Crippen molar-refractivity contribution in [2.24, 2.45) is 7.05 Å². The fourth-order valence-electron chi connectivity index (χ4n) is 3.50. The van der Waals surface area contributed by atoms with Crippen molar-refractivity contribution in [3.8, 4) is 28.3 Å². The number of esters is 1. The van der Waals surface area contributed by atoms with Crippen molar-refractivity contribution >= 4 is 51.6 Å². The Balaban J connectivity index is 1.49. The maximum Gasteiger partial charge on any atom is 0.341 e. The molecule has 0 aliphatic rings. The number of anilines is 1. The highest BCUT2D eigenvalue weighted by Gasteiger charge is 2.23. The number of halogens is 1. The van der Waals surface area contributed by atoms with Crippen LogP contribution in [0.15, 0.2) is 59.1 Å². The predicted octanol–water partition coefficient (Wildman–Crippen LogP) is 5.78. The molecule has 1 N–H and O–H groups in total. The minimum atomic E-state index is -0.532. The number of benzene rings is 2. The van der Waals surface area contributed by atoms with Crippen molar-refractivity contribution in [3.63, 3.8) is 0 Å². The Morgan fingerprint density at radius 3 is 2.58 bits per heavy atom. The number of carbonyl (C=O) groups is 2. The van der Waals surface area contributed by atoms with Crippen molar-refractivity contribution in [2.75, 3.05) is 24.8 Å². The number of ether oxygens (including phenoxy) is 2. The van der Waals surface area contributed by atoms with Crippen LogP contribution in [0.3, 0.4) is 0 Å². The molecule has 0 atom stereocenters. The van der Waals surface area contributed by atoms with Crippen molar-refractivity contribution in [1.29, 1.82) is 0 Å². The molecule has 0 saturated carbocycles. The van der Waals surface area contributed by atoms with Gasteiger partial charge in [-0.05, 0) is 36.8 Å². The summed E-state index contributed by atoms with van der Waals surface area (Å²) in [5.74, 6) is 0.618. The number of amides is 1. The Bertz CT molecular complexity index is 1390. The Hall–Kier alpha value is -3.34. The summed E-state index contributed by atoms with van der Waals surface area (Å²) < 4.78 is 12.5. The van der Waals surface area contributed by atoms with Gasteiger partial charge in [-0.15, -0.1) is 21.5 Å². The van der Waals surface area contributed by atoms with Gasteiger partial charge in [0.2, 0.25) is 5.91 Å². The Kier molecular flexibility index (Phi) is 8.29. The summed E-state index contributed by atoms with van der Waals surface area (Å²) in [5.41, 5.74) is 2.58. The van der Waals surface area contributed by atoms with Gasteiger partial charge < -0.3 is 19.4 Å². The van der Waals surface area contributed by atoms with Crippen LogP contribution in [-0.2, 0) is 16.6 Å². The fraction of sp³-hybridized carbons (Fsp3) is 0.200. The number of methoxy groups -OCH3 is 1. The highest BCUT2D eigenvalue weighted by atomic mass is 35.5. The molecule has 2 aromatic heterocycles. The number of thiophene rings is 1. The van der Waals surface area contributed by atoms with Gasteiger partial charge in [0.05, 0.1) is 25.0 Å². The average molecular weight is 543 g/mol. The van der Waals surface area contributed by atoms with E-state index >= 15 is 0 Å². The minimum Gasteiger partial charge on any atom is -0.493 e. The molecule has 2 heterocycles. The van der Waals surface area contributed by atoms with E-state index in [4.69, 9.17) is 21.1 Å². The van der Waals surface area contributed by atoms with Gasteiger partial charge in [-0.2, -0.15) is 0 Å². The SMILES string of the molecule is CCOc1ccccc1-c1nnc(SCC(=O)Nc2scc(-c3ccc(Cl)cc3)c2C(=O)OC)n1C. The first kappa shape index (κ1) is 25.7. The van der Waals surface area contributed by atoms with Crippen LogP contribution >= 0.6 is 34.7 Å². The molecule has 0 aliphatic heterocycles. The molecule has 0 unspecified atom stereocenters. The van der Waals surface area contributed by atoms with Crippen LogP contribution in [0.1, 0.15) is 17.3 Å². The lowest BCUT2D eigenvalue weighted by Gasteiger charge is -2.10. The molecule has 36 heavy (non-hydrogen) atoms. The lowest BCUT2D eigenvalue weighted by atomic mass is 10.0. The first-order chi connectivity index (χ1) is 17.4. The molecule has 0 saturated heterocycles. The summed E-state index contributed by atoms with van der Waals surface area (Å²) >= 11 is 8.49. The van der Waals surface area contributed by atoms with E-state index in [9.17, 15) is 9.59 Å². The van der Waals surface area contributed by atoms with E-state index in [1.165, 1.54) is 30.2 Å². The Morgan fingerprint density at radius 2 is 1.86 bits per heavy atom. The zero-order valence-corrected chi connectivity index (χ0v) is 22.2. The molecule has 4 rings (SSSR count). The smallest absolute Gasteiger partial charge is 0.341 e. The summed E-state index contributed by atoms with van der Waals surface area (Å²) in [6.07, 6.45) is 0. The molecule has 0 bridgehead atoms. The number of carbonyl (C=O) groups excluding carboxylic acids is 2. The summed E-state index contributed by atoms with van der Waals surface area (Å²) in [6, 6.07) is 14.7. The number of hydrogen-bond donors (Lipinski definition) is 1. The van der Waals surface area contributed by atoms with E-state index in [0.717, 1.165) is 11.1 Å². The van der Waals surface area contributed by atoms with Crippen LogP contribution in [0, 0.1) is 0 Å². The van der Waals surface area contributed by atoms with E-state index in [1.54, 1.807) is 12.1 Å². The summed E-state index contributed by atoms with van der Waals surface area (Å²) in [6.45, 7) is 2.46. The van der Waals surface area contributed by atoms with Gasteiger partial charge in [-0.3, -0.25) is 4.79 Å². The summed E-state index contributed by atoms with van der Waals surface area (Å²) in [7, 11) is 3.15. The van der Waals surface area contributed by atoms with E-state index in [0.29, 0.717) is 44.5 Å². The highest BCUT2D eigenvalue weighted by molar-refractivity contribution is 7.99. The van der Waals surface area contributed by atoms with Gasteiger partial charge in [0.15, 0.2) is 11.0 Å². The molecule has 0 radical (unpaired) electrons. The van der Waals surface area contributed by atoms with Crippen LogP contribution in [0.25, 0.3) is 22.5 Å². The standard InChI is InChI=1S/C25H23ClN4O4S2/c1-4-34-19-8-6-5-7-17(19)22-28-29-25(30(22)2)36-14-20(31)27-23-21(24(32)33-3)18(13-35-23)15-9-11-16(26)12-10-15/h5-13H,4,14H2,1-3H3,(H,27,31). The molecule has 8 nitrogen and oxygen atoms in total. The Labute approximate surface area is 221 Å². The zero-order valence-electron chi connectivity index (χ0n) is 19.8. The minimum absolute atomic E-state index is 0.0773. The van der Waals surface area contributed by atoms with Crippen LogP contribution < -0.4 is 10.1 Å². The van der Waals surface area contributed by atoms with Gasteiger partial charge in [-0.25, -0.2) is 4.79 Å². The second-order valence-corrected chi connectivity index (χ2v) is 9.74. The number of rotatable bonds is 9. The molecule has 1 amide bonds. The topological polar surface area (TPSA) is 95.3 Å². The molecular formula is C25H23ClN4O4S2. The number of nitrogens with one attached hydrogen (secondary N) is 1. The van der Waals surface area contributed by atoms with Crippen molar-refractivity contribution in [1.82, 2.24) is 14.8 Å². The molecule has 4 aromatic rings. The number of para-hydroxylation sites is 1. The number of hydrogen-bond acceptors (Lipinski definition) is 8. The largest absolute Gasteiger partial charge is 0.493 e. The molecule has 0 aliphatic carbocycles. The number of thioether (sulfide) groups is 1. The monoisotopic (exact) mass is 542 g/mol. The number of nitrogens with zero attached hydrogens (tertiary/aromatic N) is 3. The summed E-state index contributed by atoms with van der Waals surface area (Å²) in [5, 5.41) is 14.8. The first-order valence-electron chi connectivity index (χ1n) is 10.9. The van der Waals surface area contributed by atoms with Gasteiger partial charge in [0.25, 0.3) is 0 Å². The second kappa shape index (κ2) is 11.6. The summed E-state index contributed by atoms with van der Waals surface area (Å²) in [4.78, 5) is 25.3. The first-order valence-corrected chi connectivity index (χ1v) is 13.2. The van der Waals surface area contributed by atoms with Crippen LogP contribution in [-0.4, -0.2) is 46.1 Å². The Morgan fingerprint density at radius 1 is 1.11 bits per heavy atom. The molecule has 11 heteroatoms. The highest BCUT2D eigenvalue weighted by Crippen LogP contribution is 2.37. The maximum atomic E-state index is 12.8. The quantitative estimate of drug-likeness (QED) is 0.211. The van der Waals surface area contributed by atoms with Crippen LogP contribution in [0.5, 0.6) is 5.75 Å². The maximum absolute atomic E-state index is 12.8. The van der Waals surface area contributed by atoms with Crippen LogP contribution in [0.2, 0.25) is 5.02 Å². The molecule has 186 valence electrons. The normalized spacial score (nSPS) is 10.8. The van der Waals surface area contributed by atoms with Gasteiger partial charge >= 0.3 is 5.97 Å². The lowest BCUT2D eigenvalue weighted by molar-refractivity contribution is -0.113. The third kappa shape index (κ3) is 5.56. The fourth-order valence-corrected chi connectivity index (χ4v) is 5.31. The second-order valence-electron chi connectivity index (χ2n) is 7.48. The third-order valence-corrected chi connectivity index (χ3v) is 7.35. The number of aromatic nitrogens is 3. The molecule has 0 spiro atoms. The van der Waals surface area contributed by atoms with Crippen LogP contribution in [0.4, 0.5) is 5.00 Å². The van der Waals surface area contributed by atoms with E-state index in [1.807, 2.05) is 60.3 Å². The van der Waals surface area contributed by atoms with Crippen molar-refractivity contribution in [3.05, 3.63) is 64.5 Å². The average Bonchev–Trinajstić information content (AvgIpc) is 3.46. The van der Waals surface area contributed by atoms with Gasteiger partial charge in [0.1, 0.15) is 16.3 Å². The van der Waals surface area contributed by atoms with Crippen molar-refractivity contribution in [2.45, 2.75) is 12.1 Å². The van der Waals surface area contributed by atoms with Gasteiger partial charge in [0, 0.05) is 23.0 Å². The third-order valence-electron chi connectivity index (χ3n) is 5.18. The predicted molar refractivity (Wildman–Crippen MR) is 143 cm³/mol. The van der Waals surface area contributed by atoms with E-state index < -0.39 is 5.97 Å². The zero-order chi connectivity index (χ0) is 25.7. The molecule has 0 fully saturated rings. The molecule has 2 aromatic carbocycles. The van der Waals surface area contributed by atoms with E-state index in [-0.39, 0.29) is 11.7 Å². The lowest BCUT2D eigenvalue weighted by Crippen LogP contribution is -2.16. The van der Waals surface area contributed by atoms with Gasteiger partial charge in [-0.1, -0.05) is 47.6 Å². The molecular weight excluding hydrogens is 520 g/mol. The van der Waals surface area contributed by atoms with Crippen molar-refractivity contribution < 1.29 is 19.1 Å². The van der Waals surface area contributed by atoms with E-state index in [2.05, 4.69) is 15.5 Å².